The van der Waals surface area contributed by atoms with Crippen LogP contribution in [0.3, 0.4) is 0 Å². The number of carbonyl (C=O) groups excluding carboxylic acids is 1. The van der Waals surface area contributed by atoms with Crippen molar-refractivity contribution in [2.24, 2.45) is 0 Å². The second kappa shape index (κ2) is 5.95. The first-order chi connectivity index (χ1) is 8.59. The van der Waals surface area contributed by atoms with Gasteiger partial charge in [0.25, 0.3) is 0 Å². The molecule has 0 aliphatic rings. The zero-order valence-corrected chi connectivity index (χ0v) is 13.4. The first-order valence-electron chi connectivity index (χ1n) is 5.57. The summed E-state index contributed by atoms with van der Waals surface area (Å²) in [5.74, 6) is 0. The maximum atomic E-state index is 11.1. The number of aryl methyl sites for hydroxylation is 2. The number of carbonyl (C=O) groups is 1. The molecule has 2 rings (SSSR count). The van der Waals surface area contributed by atoms with Crippen LogP contribution in [-0.4, -0.2) is 4.69 Å². The van der Waals surface area contributed by atoms with E-state index in [-0.39, 0.29) is 4.69 Å². The SMILES string of the molecule is Cc1ccsc1C(=CCC(=O)Br)c1sccc1C. The third kappa shape index (κ3) is 2.99. The predicted octanol–water partition coefficient (Wildman–Crippen LogP) is 5.17. The molecule has 0 aliphatic heterocycles. The van der Waals surface area contributed by atoms with Gasteiger partial charge in [0.1, 0.15) is 0 Å². The van der Waals surface area contributed by atoms with Crippen LogP contribution in [0.1, 0.15) is 27.3 Å². The van der Waals surface area contributed by atoms with Gasteiger partial charge in [0, 0.05) is 21.7 Å². The summed E-state index contributed by atoms with van der Waals surface area (Å²) in [6.07, 6.45) is 2.44. The smallest absolute Gasteiger partial charge is 0.201 e. The molecule has 1 nitrogen and oxygen atoms in total. The first-order valence-corrected chi connectivity index (χ1v) is 8.12. The van der Waals surface area contributed by atoms with E-state index in [2.05, 4.69) is 52.7 Å². The molecular formula is C14H13BrOS2. The van der Waals surface area contributed by atoms with E-state index in [4.69, 9.17) is 0 Å². The van der Waals surface area contributed by atoms with Gasteiger partial charge in [-0.05, 0) is 63.8 Å². The largest absolute Gasteiger partial charge is 0.286 e. The molecule has 2 heterocycles. The maximum Gasteiger partial charge on any atom is 0.201 e. The zero-order chi connectivity index (χ0) is 13.1. The molecule has 0 N–H and O–H groups in total. The van der Waals surface area contributed by atoms with E-state index < -0.39 is 0 Å². The van der Waals surface area contributed by atoms with Crippen molar-refractivity contribution in [2.75, 3.05) is 0 Å². The summed E-state index contributed by atoms with van der Waals surface area (Å²) >= 11 is 6.45. The summed E-state index contributed by atoms with van der Waals surface area (Å²) in [5.41, 5.74) is 3.71. The summed E-state index contributed by atoms with van der Waals surface area (Å²) in [7, 11) is 0. The van der Waals surface area contributed by atoms with Gasteiger partial charge in [-0.15, -0.1) is 22.7 Å². The van der Waals surface area contributed by atoms with Gasteiger partial charge in [0.05, 0.1) is 0 Å². The quantitative estimate of drug-likeness (QED) is 0.701. The fraction of sp³-hybridized carbons (Fsp3) is 0.214. The number of hydrogen-bond donors (Lipinski definition) is 0. The van der Waals surface area contributed by atoms with Crippen molar-refractivity contribution >= 4 is 48.9 Å². The van der Waals surface area contributed by atoms with Crippen molar-refractivity contribution < 1.29 is 4.79 Å². The normalized spacial score (nSPS) is 10.4. The van der Waals surface area contributed by atoms with Gasteiger partial charge in [-0.2, -0.15) is 0 Å². The molecule has 0 aromatic carbocycles. The Labute approximate surface area is 123 Å². The fourth-order valence-electron chi connectivity index (χ4n) is 1.77. The third-order valence-corrected chi connectivity index (χ3v) is 5.10. The third-order valence-electron chi connectivity index (χ3n) is 2.68. The standard InChI is InChI=1S/C14H13BrOS2/c1-9-5-7-17-13(9)11(3-4-12(15)16)14-10(2)6-8-18-14/h3,5-8H,4H2,1-2H3. The highest BCUT2D eigenvalue weighted by Crippen LogP contribution is 2.35. The average molecular weight is 341 g/mol. The Morgan fingerprint density at radius 3 is 2.00 bits per heavy atom. The van der Waals surface area contributed by atoms with E-state index in [1.54, 1.807) is 22.7 Å². The lowest BCUT2D eigenvalue weighted by Crippen LogP contribution is -1.89. The molecule has 0 unspecified atom stereocenters. The topological polar surface area (TPSA) is 17.1 Å². The van der Waals surface area contributed by atoms with Crippen LogP contribution in [0.4, 0.5) is 0 Å². The highest BCUT2D eigenvalue weighted by Gasteiger charge is 2.13. The van der Waals surface area contributed by atoms with E-state index >= 15 is 0 Å². The van der Waals surface area contributed by atoms with Crippen molar-refractivity contribution in [1.82, 2.24) is 0 Å². The number of hydrogen-bond acceptors (Lipinski definition) is 3. The first kappa shape index (κ1) is 13.7. The second-order valence-electron chi connectivity index (χ2n) is 4.04. The van der Waals surface area contributed by atoms with Crippen LogP contribution in [0.2, 0.25) is 0 Å². The highest BCUT2D eigenvalue weighted by molar-refractivity contribution is 9.18. The van der Waals surface area contributed by atoms with Crippen molar-refractivity contribution in [3.8, 4) is 0 Å². The average Bonchev–Trinajstić information content (AvgIpc) is 2.90. The van der Waals surface area contributed by atoms with E-state index in [1.807, 2.05) is 6.08 Å². The lowest BCUT2D eigenvalue weighted by Gasteiger charge is -2.06. The van der Waals surface area contributed by atoms with Crippen LogP contribution in [0, 0.1) is 13.8 Å². The van der Waals surface area contributed by atoms with E-state index in [9.17, 15) is 4.79 Å². The van der Waals surface area contributed by atoms with Gasteiger partial charge in [0.15, 0.2) is 0 Å². The summed E-state index contributed by atoms with van der Waals surface area (Å²) in [4.78, 5) is 13.7. The second-order valence-corrected chi connectivity index (χ2v) is 6.76. The molecule has 0 bridgehead atoms. The van der Waals surface area contributed by atoms with Crippen LogP contribution in [-0.2, 0) is 4.79 Å². The Kier molecular flexibility index (Phi) is 4.54. The highest BCUT2D eigenvalue weighted by atomic mass is 79.9. The number of rotatable bonds is 4. The zero-order valence-electron chi connectivity index (χ0n) is 10.2. The van der Waals surface area contributed by atoms with Crippen LogP contribution in [0.15, 0.2) is 29.0 Å². The van der Waals surface area contributed by atoms with E-state index in [0.29, 0.717) is 6.42 Å². The van der Waals surface area contributed by atoms with Crippen LogP contribution >= 0.6 is 38.6 Å². The number of halogens is 1. The van der Waals surface area contributed by atoms with Crippen LogP contribution in [0.25, 0.3) is 5.57 Å². The molecule has 0 saturated heterocycles. The molecular weight excluding hydrogens is 328 g/mol. The molecule has 0 fully saturated rings. The molecule has 0 radical (unpaired) electrons. The molecule has 4 heteroatoms. The Balaban J connectivity index is 2.48. The molecule has 0 spiro atoms. The van der Waals surface area contributed by atoms with Crippen molar-refractivity contribution in [2.45, 2.75) is 20.3 Å². The van der Waals surface area contributed by atoms with Crippen molar-refractivity contribution in [3.05, 3.63) is 49.9 Å². The summed E-state index contributed by atoms with van der Waals surface area (Å²) in [6, 6.07) is 4.24. The lowest BCUT2D eigenvalue weighted by molar-refractivity contribution is -0.109. The van der Waals surface area contributed by atoms with Gasteiger partial charge in [-0.3, -0.25) is 4.79 Å². The molecule has 0 aliphatic carbocycles. The van der Waals surface area contributed by atoms with Crippen LogP contribution < -0.4 is 0 Å². The molecule has 0 saturated carbocycles. The Bertz CT molecular complexity index is 550. The molecule has 2 aromatic heterocycles. The molecule has 0 amide bonds. The summed E-state index contributed by atoms with van der Waals surface area (Å²) in [6.45, 7) is 4.22. The molecule has 94 valence electrons. The minimum atomic E-state index is 0.0171. The van der Waals surface area contributed by atoms with Crippen molar-refractivity contribution in [1.29, 1.82) is 0 Å². The van der Waals surface area contributed by atoms with Crippen molar-refractivity contribution in [3.63, 3.8) is 0 Å². The molecule has 0 atom stereocenters. The Morgan fingerprint density at radius 2 is 1.67 bits per heavy atom. The Morgan fingerprint density at radius 1 is 1.17 bits per heavy atom. The number of thiophene rings is 2. The summed E-state index contributed by atoms with van der Waals surface area (Å²) < 4.78 is 0.0171. The lowest BCUT2D eigenvalue weighted by atomic mass is 10.1. The maximum absolute atomic E-state index is 11.1. The van der Waals surface area contributed by atoms with Gasteiger partial charge in [-0.1, -0.05) is 6.08 Å². The monoisotopic (exact) mass is 340 g/mol. The molecule has 2 aromatic rings. The van der Waals surface area contributed by atoms with Crippen LogP contribution in [0.5, 0.6) is 0 Å². The van der Waals surface area contributed by atoms with Gasteiger partial charge in [-0.25, -0.2) is 0 Å². The molecule has 18 heavy (non-hydrogen) atoms. The van der Waals surface area contributed by atoms with Gasteiger partial charge < -0.3 is 0 Å². The fourth-order valence-corrected chi connectivity index (χ4v) is 3.94. The van der Waals surface area contributed by atoms with Gasteiger partial charge in [0.2, 0.25) is 4.69 Å². The van der Waals surface area contributed by atoms with Gasteiger partial charge >= 0.3 is 0 Å². The minimum absolute atomic E-state index is 0.0171. The Hall–Kier alpha value is -0.710. The minimum Gasteiger partial charge on any atom is -0.286 e. The van der Waals surface area contributed by atoms with E-state index in [1.165, 1.54) is 26.5 Å². The summed E-state index contributed by atoms with van der Waals surface area (Å²) in [5, 5.41) is 4.19. The van der Waals surface area contributed by atoms with E-state index in [0.717, 1.165) is 0 Å². The number of allylic oxidation sites excluding steroid dienone is 1. The predicted molar refractivity (Wildman–Crippen MR) is 83.7 cm³/mol.